The molecule has 1 aliphatic rings. The molecule has 0 atom stereocenters. The lowest BCUT2D eigenvalue weighted by Gasteiger charge is -2.26. The maximum absolute atomic E-state index is 6.01. The molecule has 4 rings (SSSR count). The summed E-state index contributed by atoms with van der Waals surface area (Å²) in [6, 6.07) is 11.9. The standard InChI is InChI=1S/C23H24N4O3/c1-3-16-6-4-7-17(10-16)27-23-19-11-22(21(28-2)12-20(19)25-15-26-23)30-9-5-8-24-18-13-29-14-18/h1,4,6-7,10-12,15,18,24H,5,8-9,13-14H2,2H3,(H,25,26,27). The summed E-state index contributed by atoms with van der Waals surface area (Å²) in [7, 11) is 1.62. The van der Waals surface area contributed by atoms with E-state index in [0.717, 1.165) is 48.3 Å². The number of aromatic nitrogens is 2. The molecular formula is C23H24N4O3. The molecular weight excluding hydrogens is 380 g/mol. The molecule has 0 aliphatic carbocycles. The molecule has 0 bridgehead atoms. The minimum Gasteiger partial charge on any atom is -0.493 e. The third kappa shape index (κ3) is 4.62. The van der Waals surface area contributed by atoms with E-state index in [1.807, 2.05) is 36.4 Å². The zero-order valence-corrected chi connectivity index (χ0v) is 16.9. The summed E-state index contributed by atoms with van der Waals surface area (Å²) in [4.78, 5) is 8.78. The van der Waals surface area contributed by atoms with Gasteiger partial charge < -0.3 is 24.8 Å². The van der Waals surface area contributed by atoms with E-state index >= 15 is 0 Å². The Balaban J connectivity index is 1.51. The van der Waals surface area contributed by atoms with Gasteiger partial charge in [0.1, 0.15) is 12.1 Å². The van der Waals surface area contributed by atoms with E-state index in [1.165, 1.54) is 6.33 Å². The summed E-state index contributed by atoms with van der Waals surface area (Å²) in [6.45, 7) is 3.03. The van der Waals surface area contributed by atoms with Crippen LogP contribution in [0.25, 0.3) is 10.9 Å². The van der Waals surface area contributed by atoms with Crippen LogP contribution in [0.2, 0.25) is 0 Å². The summed E-state index contributed by atoms with van der Waals surface area (Å²) >= 11 is 0. The van der Waals surface area contributed by atoms with Crippen molar-refractivity contribution in [3.05, 3.63) is 48.3 Å². The number of terminal acetylenes is 1. The van der Waals surface area contributed by atoms with Gasteiger partial charge in [0.25, 0.3) is 0 Å². The van der Waals surface area contributed by atoms with Crippen molar-refractivity contribution in [3.8, 4) is 23.8 Å². The molecule has 0 amide bonds. The van der Waals surface area contributed by atoms with Crippen LogP contribution in [0.15, 0.2) is 42.7 Å². The van der Waals surface area contributed by atoms with Crippen molar-refractivity contribution in [2.24, 2.45) is 0 Å². The van der Waals surface area contributed by atoms with Crippen molar-refractivity contribution in [1.82, 2.24) is 15.3 Å². The topological polar surface area (TPSA) is 77.5 Å². The quantitative estimate of drug-likeness (QED) is 0.419. The Bertz CT molecular complexity index is 1060. The molecule has 0 radical (unpaired) electrons. The molecule has 7 nitrogen and oxygen atoms in total. The molecule has 1 saturated heterocycles. The van der Waals surface area contributed by atoms with Crippen LogP contribution in [-0.2, 0) is 4.74 Å². The average molecular weight is 404 g/mol. The third-order valence-corrected chi connectivity index (χ3v) is 4.86. The summed E-state index contributed by atoms with van der Waals surface area (Å²) in [5, 5.41) is 7.59. The zero-order chi connectivity index (χ0) is 20.8. The minimum atomic E-state index is 0.471. The molecule has 2 heterocycles. The van der Waals surface area contributed by atoms with Crippen LogP contribution in [0.1, 0.15) is 12.0 Å². The first kappa shape index (κ1) is 20.0. The van der Waals surface area contributed by atoms with Gasteiger partial charge in [-0.25, -0.2) is 9.97 Å². The van der Waals surface area contributed by atoms with E-state index in [0.29, 0.717) is 30.0 Å². The lowest BCUT2D eigenvalue weighted by molar-refractivity contribution is -0.00523. The highest BCUT2D eigenvalue weighted by Gasteiger charge is 2.16. The number of ether oxygens (including phenoxy) is 3. The van der Waals surface area contributed by atoms with Crippen LogP contribution in [0.4, 0.5) is 11.5 Å². The van der Waals surface area contributed by atoms with E-state index in [2.05, 4.69) is 26.5 Å². The summed E-state index contributed by atoms with van der Waals surface area (Å²) in [5.41, 5.74) is 2.41. The van der Waals surface area contributed by atoms with E-state index in [4.69, 9.17) is 20.6 Å². The van der Waals surface area contributed by atoms with Crippen molar-refractivity contribution in [2.45, 2.75) is 12.5 Å². The number of hydrogen-bond donors (Lipinski definition) is 2. The largest absolute Gasteiger partial charge is 0.493 e. The number of nitrogens with one attached hydrogen (secondary N) is 2. The predicted molar refractivity (Wildman–Crippen MR) is 116 cm³/mol. The molecule has 7 heteroatoms. The smallest absolute Gasteiger partial charge is 0.162 e. The van der Waals surface area contributed by atoms with E-state index in [9.17, 15) is 0 Å². The maximum Gasteiger partial charge on any atom is 0.162 e. The maximum atomic E-state index is 6.01. The molecule has 3 aromatic rings. The molecule has 30 heavy (non-hydrogen) atoms. The van der Waals surface area contributed by atoms with Gasteiger partial charge >= 0.3 is 0 Å². The fourth-order valence-corrected chi connectivity index (χ4v) is 3.17. The molecule has 0 unspecified atom stereocenters. The van der Waals surface area contributed by atoms with Crippen molar-refractivity contribution in [3.63, 3.8) is 0 Å². The highest BCUT2D eigenvalue weighted by atomic mass is 16.5. The first-order chi connectivity index (χ1) is 14.8. The molecule has 2 N–H and O–H groups in total. The lowest BCUT2D eigenvalue weighted by atomic mass is 10.2. The molecule has 1 fully saturated rings. The number of rotatable bonds is 9. The van der Waals surface area contributed by atoms with Gasteiger partial charge in [0.2, 0.25) is 0 Å². The van der Waals surface area contributed by atoms with E-state index < -0.39 is 0 Å². The Labute approximate surface area is 175 Å². The molecule has 0 spiro atoms. The number of benzene rings is 2. The third-order valence-electron chi connectivity index (χ3n) is 4.86. The summed E-state index contributed by atoms with van der Waals surface area (Å²) in [5.74, 6) is 4.62. The Morgan fingerprint density at radius 3 is 2.87 bits per heavy atom. The average Bonchev–Trinajstić information content (AvgIpc) is 2.74. The number of fused-ring (bicyclic) bond motifs is 1. The minimum absolute atomic E-state index is 0.471. The van der Waals surface area contributed by atoms with Crippen molar-refractivity contribution in [1.29, 1.82) is 0 Å². The molecule has 154 valence electrons. The van der Waals surface area contributed by atoms with Gasteiger partial charge in [-0.1, -0.05) is 12.0 Å². The van der Waals surface area contributed by atoms with Gasteiger partial charge in [-0.2, -0.15) is 0 Å². The van der Waals surface area contributed by atoms with Gasteiger partial charge in [-0.3, -0.25) is 0 Å². The molecule has 2 aromatic carbocycles. The monoisotopic (exact) mass is 404 g/mol. The number of nitrogens with zero attached hydrogens (tertiary/aromatic N) is 2. The van der Waals surface area contributed by atoms with Gasteiger partial charge in [-0.15, -0.1) is 6.42 Å². The Morgan fingerprint density at radius 1 is 1.20 bits per heavy atom. The van der Waals surface area contributed by atoms with Crippen LogP contribution in [0.5, 0.6) is 11.5 Å². The van der Waals surface area contributed by atoms with Crippen molar-refractivity contribution >= 4 is 22.4 Å². The van der Waals surface area contributed by atoms with Crippen LogP contribution in [0, 0.1) is 12.3 Å². The highest BCUT2D eigenvalue weighted by molar-refractivity contribution is 5.93. The van der Waals surface area contributed by atoms with Crippen LogP contribution < -0.4 is 20.1 Å². The normalized spacial score (nSPS) is 13.5. The lowest BCUT2D eigenvalue weighted by Crippen LogP contribution is -2.46. The van der Waals surface area contributed by atoms with Crippen LogP contribution >= 0.6 is 0 Å². The Morgan fingerprint density at radius 2 is 2.10 bits per heavy atom. The Hall–Kier alpha value is -3.34. The second-order valence-corrected chi connectivity index (χ2v) is 6.98. The number of methoxy groups -OCH3 is 1. The second-order valence-electron chi connectivity index (χ2n) is 6.98. The van der Waals surface area contributed by atoms with Crippen molar-refractivity contribution < 1.29 is 14.2 Å². The van der Waals surface area contributed by atoms with Crippen LogP contribution in [-0.4, -0.2) is 49.5 Å². The van der Waals surface area contributed by atoms with Crippen molar-refractivity contribution in [2.75, 3.05) is 38.8 Å². The SMILES string of the molecule is C#Cc1cccc(Nc2ncnc3cc(OC)c(OCCCNC4COC4)cc23)c1. The fourth-order valence-electron chi connectivity index (χ4n) is 3.17. The summed E-state index contributed by atoms with van der Waals surface area (Å²) < 4.78 is 16.7. The van der Waals surface area contributed by atoms with Crippen LogP contribution in [0.3, 0.4) is 0 Å². The van der Waals surface area contributed by atoms with Gasteiger partial charge in [0.15, 0.2) is 11.5 Å². The zero-order valence-electron chi connectivity index (χ0n) is 16.9. The summed E-state index contributed by atoms with van der Waals surface area (Å²) in [6.07, 6.45) is 7.91. The fraction of sp³-hybridized carbons (Fsp3) is 0.304. The second kappa shape index (κ2) is 9.44. The van der Waals surface area contributed by atoms with E-state index in [-0.39, 0.29) is 0 Å². The van der Waals surface area contributed by atoms with Gasteiger partial charge in [0, 0.05) is 22.7 Å². The molecule has 1 aliphatic heterocycles. The Kier molecular flexibility index (Phi) is 6.28. The predicted octanol–water partition coefficient (Wildman–Crippen LogP) is 3.12. The number of anilines is 2. The van der Waals surface area contributed by atoms with E-state index in [1.54, 1.807) is 7.11 Å². The van der Waals surface area contributed by atoms with Gasteiger partial charge in [0.05, 0.1) is 38.5 Å². The molecule has 0 saturated carbocycles. The first-order valence-electron chi connectivity index (χ1n) is 9.87. The highest BCUT2D eigenvalue weighted by Crippen LogP contribution is 2.34. The first-order valence-corrected chi connectivity index (χ1v) is 9.87. The molecule has 1 aromatic heterocycles. The van der Waals surface area contributed by atoms with Gasteiger partial charge in [-0.05, 0) is 37.2 Å². The number of hydrogen-bond acceptors (Lipinski definition) is 7.